The largest absolute Gasteiger partial charge is 0.331 e. The Hall–Kier alpha value is -0.840. The fourth-order valence-electron chi connectivity index (χ4n) is 2.05. The zero-order valence-electron chi connectivity index (χ0n) is 10.7. The number of aryl methyl sites for hydroxylation is 1. The first-order chi connectivity index (χ1) is 8.58. The van der Waals surface area contributed by atoms with Crippen molar-refractivity contribution >= 4 is 34.9 Å². The molecule has 0 saturated heterocycles. The van der Waals surface area contributed by atoms with Gasteiger partial charge < -0.3 is 14.5 Å². The molecule has 0 radical (unpaired) electrons. The molecule has 3 nitrogen and oxygen atoms in total. The van der Waals surface area contributed by atoms with E-state index in [4.69, 9.17) is 23.8 Å². The summed E-state index contributed by atoms with van der Waals surface area (Å²) in [6.45, 7) is 2.05. The zero-order valence-corrected chi connectivity index (χ0v) is 12.3. The quantitative estimate of drug-likeness (QED) is 0.668. The van der Waals surface area contributed by atoms with Gasteiger partial charge in [-0.2, -0.15) is 0 Å². The molecule has 0 aliphatic rings. The number of hydrogen-bond acceptors (Lipinski definition) is 2. The van der Waals surface area contributed by atoms with Crippen molar-refractivity contribution in [3.8, 4) is 0 Å². The SMILES string of the molecule is CN(C)CCCCn1c(=S)[nH]c2ccc(Cl)cc21. The first-order valence-electron chi connectivity index (χ1n) is 6.11. The second-order valence-electron chi connectivity index (χ2n) is 4.75. The Balaban J connectivity index is 2.14. The van der Waals surface area contributed by atoms with E-state index >= 15 is 0 Å². The van der Waals surface area contributed by atoms with E-state index in [0.29, 0.717) is 0 Å². The molecule has 2 aromatic rings. The minimum absolute atomic E-state index is 0.749. The van der Waals surface area contributed by atoms with Gasteiger partial charge in [0.1, 0.15) is 0 Å². The van der Waals surface area contributed by atoms with Crippen LogP contribution in [0.4, 0.5) is 0 Å². The maximum absolute atomic E-state index is 6.03. The number of H-pyrrole nitrogens is 1. The molecule has 0 amide bonds. The summed E-state index contributed by atoms with van der Waals surface area (Å²) in [5.74, 6) is 0. The number of imidazole rings is 1. The number of fused-ring (bicyclic) bond motifs is 1. The summed E-state index contributed by atoms with van der Waals surface area (Å²) in [7, 11) is 4.19. The second-order valence-corrected chi connectivity index (χ2v) is 5.58. The molecule has 0 aliphatic carbocycles. The molecule has 18 heavy (non-hydrogen) atoms. The highest BCUT2D eigenvalue weighted by Gasteiger charge is 2.04. The lowest BCUT2D eigenvalue weighted by Gasteiger charge is -2.09. The standard InChI is InChI=1S/C13H18ClN3S/c1-16(2)7-3-4-8-17-12-9-10(14)5-6-11(12)15-13(17)18/h5-6,9H,3-4,7-8H2,1-2H3,(H,15,18). The topological polar surface area (TPSA) is 24.0 Å². The summed E-state index contributed by atoms with van der Waals surface area (Å²) in [5.41, 5.74) is 2.15. The molecule has 1 N–H and O–H groups in total. The highest BCUT2D eigenvalue weighted by Crippen LogP contribution is 2.19. The van der Waals surface area contributed by atoms with Crippen molar-refractivity contribution in [2.24, 2.45) is 0 Å². The van der Waals surface area contributed by atoms with Crippen LogP contribution >= 0.6 is 23.8 Å². The minimum Gasteiger partial charge on any atom is -0.331 e. The molecule has 0 spiro atoms. The van der Waals surface area contributed by atoms with Crippen molar-refractivity contribution in [1.82, 2.24) is 14.5 Å². The third-order valence-corrected chi connectivity index (χ3v) is 3.53. The highest BCUT2D eigenvalue weighted by atomic mass is 35.5. The van der Waals surface area contributed by atoms with Gasteiger partial charge in [0.05, 0.1) is 11.0 Å². The zero-order chi connectivity index (χ0) is 13.1. The number of nitrogens with one attached hydrogen (secondary N) is 1. The third-order valence-electron chi connectivity index (χ3n) is 2.97. The molecule has 0 fully saturated rings. The maximum Gasteiger partial charge on any atom is 0.178 e. The molecule has 1 aromatic carbocycles. The summed E-state index contributed by atoms with van der Waals surface area (Å²) in [6.07, 6.45) is 2.29. The van der Waals surface area contributed by atoms with E-state index in [0.717, 1.165) is 40.3 Å². The van der Waals surface area contributed by atoms with E-state index in [1.54, 1.807) is 0 Å². The second kappa shape index (κ2) is 5.87. The molecular weight excluding hydrogens is 266 g/mol. The number of unbranched alkanes of at least 4 members (excludes halogenated alkanes) is 1. The average molecular weight is 284 g/mol. The van der Waals surface area contributed by atoms with Crippen molar-refractivity contribution < 1.29 is 0 Å². The molecule has 2 rings (SSSR count). The van der Waals surface area contributed by atoms with Gasteiger partial charge in [-0.3, -0.25) is 0 Å². The number of rotatable bonds is 5. The lowest BCUT2D eigenvalue weighted by Crippen LogP contribution is -2.13. The minimum atomic E-state index is 0.749. The molecule has 0 atom stereocenters. The van der Waals surface area contributed by atoms with E-state index < -0.39 is 0 Å². The van der Waals surface area contributed by atoms with Crippen molar-refractivity contribution in [2.75, 3.05) is 20.6 Å². The van der Waals surface area contributed by atoms with Crippen LogP contribution in [0.15, 0.2) is 18.2 Å². The van der Waals surface area contributed by atoms with E-state index in [1.165, 1.54) is 6.42 Å². The Bertz CT molecular complexity index is 585. The smallest absolute Gasteiger partial charge is 0.178 e. The monoisotopic (exact) mass is 283 g/mol. The predicted octanol–water partition coefficient (Wildman–Crippen LogP) is 3.69. The van der Waals surface area contributed by atoms with Gasteiger partial charge >= 0.3 is 0 Å². The van der Waals surface area contributed by atoms with Gasteiger partial charge in [-0.15, -0.1) is 0 Å². The summed E-state index contributed by atoms with van der Waals surface area (Å²) in [5, 5.41) is 0.749. The van der Waals surface area contributed by atoms with Crippen molar-refractivity contribution in [3.05, 3.63) is 28.0 Å². The molecule has 1 heterocycles. The maximum atomic E-state index is 6.03. The third kappa shape index (κ3) is 3.13. The van der Waals surface area contributed by atoms with E-state index in [1.807, 2.05) is 18.2 Å². The molecule has 98 valence electrons. The predicted molar refractivity (Wildman–Crippen MR) is 79.9 cm³/mol. The fourth-order valence-corrected chi connectivity index (χ4v) is 2.51. The summed E-state index contributed by atoms with van der Waals surface area (Å²) in [6, 6.07) is 5.82. The number of nitrogens with zero attached hydrogens (tertiary/aromatic N) is 2. The van der Waals surface area contributed by atoms with Crippen LogP contribution in [0, 0.1) is 4.77 Å². The van der Waals surface area contributed by atoms with Crippen molar-refractivity contribution in [3.63, 3.8) is 0 Å². The van der Waals surface area contributed by atoms with E-state index in [9.17, 15) is 0 Å². The van der Waals surface area contributed by atoms with Gasteiger partial charge in [-0.05, 0) is 63.9 Å². The molecule has 0 bridgehead atoms. The van der Waals surface area contributed by atoms with Crippen LogP contribution in [0.3, 0.4) is 0 Å². The van der Waals surface area contributed by atoms with Crippen LogP contribution in [0.2, 0.25) is 5.02 Å². The van der Waals surface area contributed by atoms with Crippen LogP contribution in [-0.4, -0.2) is 35.1 Å². The molecular formula is C13H18ClN3S. The Labute approximate surface area is 117 Å². The lowest BCUT2D eigenvalue weighted by atomic mass is 10.3. The first kappa shape index (κ1) is 13.6. The molecule has 0 aliphatic heterocycles. The Morgan fingerprint density at radius 2 is 2.11 bits per heavy atom. The van der Waals surface area contributed by atoms with Crippen LogP contribution in [0.25, 0.3) is 11.0 Å². The number of benzene rings is 1. The van der Waals surface area contributed by atoms with Gasteiger partial charge in [-0.25, -0.2) is 0 Å². The van der Waals surface area contributed by atoms with Crippen LogP contribution in [0.1, 0.15) is 12.8 Å². The Kier molecular flexibility index (Phi) is 4.43. The summed E-state index contributed by atoms with van der Waals surface area (Å²) in [4.78, 5) is 5.41. The van der Waals surface area contributed by atoms with Gasteiger partial charge in [0.2, 0.25) is 0 Å². The number of hydrogen-bond donors (Lipinski definition) is 1. The summed E-state index contributed by atoms with van der Waals surface area (Å²) < 4.78 is 2.91. The van der Waals surface area contributed by atoms with Crippen LogP contribution in [-0.2, 0) is 6.54 Å². The molecule has 0 unspecified atom stereocenters. The number of halogens is 1. The van der Waals surface area contributed by atoms with Gasteiger partial charge in [0.25, 0.3) is 0 Å². The normalized spacial score (nSPS) is 11.6. The molecule has 0 saturated carbocycles. The highest BCUT2D eigenvalue weighted by molar-refractivity contribution is 7.71. The number of aromatic nitrogens is 2. The molecule has 5 heteroatoms. The van der Waals surface area contributed by atoms with Gasteiger partial charge in [-0.1, -0.05) is 11.6 Å². The number of aromatic amines is 1. The van der Waals surface area contributed by atoms with Crippen LogP contribution in [0.5, 0.6) is 0 Å². The average Bonchev–Trinajstić information content (AvgIpc) is 2.60. The van der Waals surface area contributed by atoms with Crippen molar-refractivity contribution in [1.29, 1.82) is 0 Å². The first-order valence-corrected chi connectivity index (χ1v) is 6.89. The van der Waals surface area contributed by atoms with Crippen molar-refractivity contribution in [2.45, 2.75) is 19.4 Å². The van der Waals surface area contributed by atoms with Gasteiger partial charge in [0.15, 0.2) is 4.77 Å². The fraction of sp³-hybridized carbons (Fsp3) is 0.462. The van der Waals surface area contributed by atoms with Gasteiger partial charge in [0, 0.05) is 11.6 Å². The Morgan fingerprint density at radius 1 is 1.33 bits per heavy atom. The van der Waals surface area contributed by atoms with Crippen LogP contribution < -0.4 is 0 Å². The van der Waals surface area contributed by atoms with E-state index in [-0.39, 0.29) is 0 Å². The van der Waals surface area contributed by atoms with E-state index in [2.05, 4.69) is 28.5 Å². The summed E-state index contributed by atoms with van der Waals surface area (Å²) >= 11 is 11.4. The molecule has 1 aromatic heterocycles. The lowest BCUT2D eigenvalue weighted by molar-refractivity contribution is 0.388. The Morgan fingerprint density at radius 3 is 2.83 bits per heavy atom.